The van der Waals surface area contributed by atoms with Crippen molar-refractivity contribution in [2.24, 2.45) is 0 Å². The average Bonchev–Trinajstić information content (AvgIpc) is 2.71. The molecule has 2 atom stereocenters. The second-order valence-electron chi connectivity index (χ2n) is 5.13. The Morgan fingerprint density at radius 3 is 2.61 bits per heavy atom. The van der Waals surface area contributed by atoms with E-state index in [1.165, 1.54) is 12.1 Å². The lowest BCUT2D eigenvalue weighted by molar-refractivity contribution is -0.138. The molecule has 1 nitrogen and oxygen atoms in total. The van der Waals surface area contributed by atoms with Crippen LogP contribution >= 0.6 is 0 Å². The van der Waals surface area contributed by atoms with Crippen molar-refractivity contribution in [3.63, 3.8) is 0 Å². The van der Waals surface area contributed by atoms with Gasteiger partial charge in [-0.25, -0.2) is 0 Å². The highest BCUT2D eigenvalue weighted by Gasteiger charge is 2.44. The zero-order valence-corrected chi connectivity index (χ0v) is 10.6. The Labute approximate surface area is 105 Å². The molecule has 4 heteroatoms. The molecule has 18 heavy (non-hydrogen) atoms. The van der Waals surface area contributed by atoms with Gasteiger partial charge in [-0.1, -0.05) is 32.0 Å². The van der Waals surface area contributed by atoms with Gasteiger partial charge in [0.2, 0.25) is 0 Å². The molecule has 0 aromatic heterocycles. The van der Waals surface area contributed by atoms with E-state index in [1.54, 1.807) is 12.1 Å². The second kappa shape index (κ2) is 4.57. The predicted molar refractivity (Wildman–Crippen MR) is 65.5 cm³/mol. The van der Waals surface area contributed by atoms with Gasteiger partial charge in [0.15, 0.2) is 0 Å². The molecule has 1 N–H and O–H groups in total. The summed E-state index contributed by atoms with van der Waals surface area (Å²) in [5.41, 5.74) is -0.495. The summed E-state index contributed by atoms with van der Waals surface area (Å²) in [6, 6.07) is 6.07. The monoisotopic (exact) mass is 257 g/mol. The van der Waals surface area contributed by atoms with Crippen LogP contribution in [0.1, 0.15) is 37.8 Å². The van der Waals surface area contributed by atoms with Crippen LogP contribution in [0.25, 0.3) is 0 Å². The molecule has 100 valence electrons. The lowest BCUT2D eigenvalue weighted by Crippen LogP contribution is -2.38. The van der Waals surface area contributed by atoms with Crippen molar-refractivity contribution in [3.05, 3.63) is 35.4 Å². The summed E-state index contributed by atoms with van der Waals surface area (Å²) in [7, 11) is 0. The fourth-order valence-electron chi connectivity index (χ4n) is 3.05. The van der Waals surface area contributed by atoms with Crippen LogP contribution in [-0.2, 0) is 11.6 Å². The summed E-state index contributed by atoms with van der Waals surface area (Å²) in [6.45, 7) is 4.73. The van der Waals surface area contributed by atoms with Gasteiger partial charge >= 0.3 is 6.18 Å². The molecule has 0 aliphatic carbocycles. The van der Waals surface area contributed by atoms with Crippen molar-refractivity contribution >= 4 is 0 Å². The number of alkyl halides is 3. The van der Waals surface area contributed by atoms with Gasteiger partial charge in [-0.05, 0) is 31.0 Å². The molecule has 1 aromatic carbocycles. The minimum absolute atomic E-state index is 0.112. The summed E-state index contributed by atoms with van der Waals surface area (Å²) >= 11 is 0. The second-order valence-corrected chi connectivity index (χ2v) is 5.13. The Kier molecular flexibility index (Phi) is 3.41. The summed E-state index contributed by atoms with van der Waals surface area (Å²) in [4.78, 5) is 0. The van der Waals surface area contributed by atoms with Gasteiger partial charge in [-0.3, -0.25) is 0 Å². The van der Waals surface area contributed by atoms with Gasteiger partial charge < -0.3 is 5.32 Å². The summed E-state index contributed by atoms with van der Waals surface area (Å²) < 4.78 is 39.2. The first-order chi connectivity index (χ1) is 8.39. The van der Waals surface area contributed by atoms with Gasteiger partial charge in [0.1, 0.15) is 0 Å². The maximum atomic E-state index is 13.1. The van der Waals surface area contributed by atoms with E-state index in [-0.39, 0.29) is 6.04 Å². The molecule has 0 amide bonds. The smallest absolute Gasteiger partial charge is 0.313 e. The molecule has 0 saturated carbocycles. The molecule has 1 aliphatic heterocycles. The minimum Gasteiger partial charge on any atom is -0.313 e. The molecular formula is C14H18F3N. The third-order valence-electron chi connectivity index (χ3n) is 4.06. The van der Waals surface area contributed by atoms with E-state index >= 15 is 0 Å². The Morgan fingerprint density at radius 1 is 1.33 bits per heavy atom. The lowest BCUT2D eigenvalue weighted by Gasteiger charge is -2.33. The van der Waals surface area contributed by atoms with Crippen molar-refractivity contribution in [1.82, 2.24) is 5.32 Å². The first-order valence-electron chi connectivity index (χ1n) is 6.29. The van der Waals surface area contributed by atoms with Crippen LogP contribution in [0.3, 0.4) is 0 Å². The molecule has 1 aromatic rings. The van der Waals surface area contributed by atoms with E-state index in [0.29, 0.717) is 5.56 Å². The van der Waals surface area contributed by atoms with E-state index in [2.05, 4.69) is 5.32 Å². The molecule has 2 rings (SSSR count). The Balaban J connectivity index is 2.51. The minimum atomic E-state index is -4.28. The lowest BCUT2D eigenvalue weighted by atomic mass is 9.73. The fourth-order valence-corrected chi connectivity index (χ4v) is 3.05. The van der Waals surface area contributed by atoms with E-state index in [0.717, 1.165) is 19.4 Å². The topological polar surface area (TPSA) is 12.0 Å². The number of rotatable bonds is 2. The van der Waals surface area contributed by atoms with Gasteiger partial charge in [-0.2, -0.15) is 13.2 Å². The number of hydrogen-bond donors (Lipinski definition) is 1. The maximum Gasteiger partial charge on any atom is 0.416 e. The van der Waals surface area contributed by atoms with Crippen LogP contribution in [0.2, 0.25) is 0 Å². The highest BCUT2D eigenvalue weighted by molar-refractivity contribution is 5.38. The normalized spacial score (nSPS) is 28.6. The van der Waals surface area contributed by atoms with Crippen molar-refractivity contribution in [2.75, 3.05) is 6.54 Å². The molecule has 1 aliphatic rings. The molecular weight excluding hydrogens is 239 g/mol. The number of nitrogens with one attached hydrogen (secondary N) is 1. The Bertz CT molecular complexity index is 427. The summed E-state index contributed by atoms with van der Waals surface area (Å²) in [6.07, 6.45) is -2.69. The Morgan fingerprint density at radius 2 is 2.00 bits per heavy atom. The number of hydrogen-bond acceptors (Lipinski definition) is 1. The molecule has 0 spiro atoms. The van der Waals surface area contributed by atoms with E-state index in [9.17, 15) is 13.2 Å². The summed E-state index contributed by atoms with van der Waals surface area (Å²) in [5, 5.41) is 3.31. The average molecular weight is 257 g/mol. The third kappa shape index (κ3) is 2.14. The number of benzene rings is 1. The zero-order valence-electron chi connectivity index (χ0n) is 10.6. The number of halogens is 3. The molecule has 0 bridgehead atoms. The molecule has 0 radical (unpaired) electrons. The highest BCUT2D eigenvalue weighted by atomic mass is 19.4. The van der Waals surface area contributed by atoms with E-state index in [1.807, 2.05) is 13.8 Å². The van der Waals surface area contributed by atoms with Crippen molar-refractivity contribution < 1.29 is 13.2 Å². The van der Waals surface area contributed by atoms with Crippen LogP contribution in [0.4, 0.5) is 13.2 Å². The van der Waals surface area contributed by atoms with Gasteiger partial charge in [-0.15, -0.1) is 0 Å². The van der Waals surface area contributed by atoms with Crippen molar-refractivity contribution in [3.8, 4) is 0 Å². The fraction of sp³-hybridized carbons (Fsp3) is 0.571. The quantitative estimate of drug-likeness (QED) is 0.851. The molecule has 2 unspecified atom stereocenters. The molecule has 1 saturated heterocycles. The SMILES string of the molecule is CCC1NCCC1(C)c1ccccc1C(F)(F)F. The Hall–Kier alpha value is -1.03. The van der Waals surface area contributed by atoms with Crippen LogP contribution in [0.5, 0.6) is 0 Å². The standard InChI is InChI=1S/C14H18F3N/c1-3-12-13(2,8-9-18-12)10-6-4-5-7-11(10)14(15,16)17/h4-7,12,18H,3,8-9H2,1-2H3. The highest BCUT2D eigenvalue weighted by Crippen LogP contribution is 2.43. The van der Waals surface area contributed by atoms with Crippen LogP contribution in [0, 0.1) is 0 Å². The maximum absolute atomic E-state index is 13.1. The molecule has 1 heterocycles. The van der Waals surface area contributed by atoms with Gasteiger partial charge in [0.05, 0.1) is 5.56 Å². The van der Waals surface area contributed by atoms with E-state index in [4.69, 9.17) is 0 Å². The van der Waals surface area contributed by atoms with Crippen molar-refractivity contribution in [2.45, 2.75) is 44.3 Å². The first-order valence-corrected chi connectivity index (χ1v) is 6.29. The largest absolute Gasteiger partial charge is 0.416 e. The molecule has 1 fully saturated rings. The van der Waals surface area contributed by atoms with Crippen LogP contribution in [0.15, 0.2) is 24.3 Å². The van der Waals surface area contributed by atoms with Crippen LogP contribution in [-0.4, -0.2) is 12.6 Å². The van der Waals surface area contributed by atoms with Crippen LogP contribution < -0.4 is 5.32 Å². The van der Waals surface area contributed by atoms with Gasteiger partial charge in [0, 0.05) is 11.5 Å². The zero-order chi connectivity index (χ0) is 13.4. The first kappa shape index (κ1) is 13.4. The third-order valence-corrected chi connectivity index (χ3v) is 4.06. The van der Waals surface area contributed by atoms with E-state index < -0.39 is 17.2 Å². The van der Waals surface area contributed by atoms with Gasteiger partial charge in [0.25, 0.3) is 0 Å². The predicted octanol–water partition coefficient (Wildman–Crippen LogP) is 3.74. The van der Waals surface area contributed by atoms with Crippen molar-refractivity contribution in [1.29, 1.82) is 0 Å². The summed E-state index contributed by atoms with van der Waals surface area (Å²) in [5.74, 6) is 0.